The van der Waals surface area contributed by atoms with E-state index in [1.54, 1.807) is 12.1 Å². The number of rotatable bonds is 3. The molecule has 0 spiro atoms. The van der Waals surface area contributed by atoms with Gasteiger partial charge in [-0.3, -0.25) is 4.72 Å². The van der Waals surface area contributed by atoms with E-state index in [9.17, 15) is 8.42 Å². The van der Waals surface area contributed by atoms with E-state index in [2.05, 4.69) is 46.5 Å². The van der Waals surface area contributed by atoms with Crippen LogP contribution in [-0.4, -0.2) is 18.4 Å². The lowest BCUT2D eigenvalue weighted by molar-refractivity contribution is 0.603. The third-order valence-corrected chi connectivity index (χ3v) is 5.68. The molecule has 9 heteroatoms. The Kier molecular flexibility index (Phi) is 4.05. The van der Waals surface area contributed by atoms with E-state index in [0.717, 1.165) is 4.88 Å². The molecule has 2 aromatic rings. The van der Waals surface area contributed by atoms with E-state index >= 15 is 0 Å². The molecule has 5 nitrogen and oxygen atoms in total. The first-order valence-electron chi connectivity index (χ1n) is 4.66. The molecule has 18 heavy (non-hydrogen) atoms. The molecule has 1 N–H and O–H groups in total. The highest BCUT2D eigenvalue weighted by Crippen LogP contribution is 2.25. The monoisotopic (exact) mass is 411 g/mol. The van der Waals surface area contributed by atoms with Crippen LogP contribution in [0.2, 0.25) is 0 Å². The number of hydrogen-bond donors (Lipinski definition) is 1. The van der Waals surface area contributed by atoms with Gasteiger partial charge in [-0.2, -0.15) is 0 Å². The minimum Gasteiger partial charge on any atom is -0.260 e. The first-order valence-corrected chi connectivity index (χ1v) is 8.54. The van der Waals surface area contributed by atoms with Crippen molar-refractivity contribution in [3.05, 3.63) is 32.4 Å². The van der Waals surface area contributed by atoms with Crippen molar-refractivity contribution < 1.29 is 8.42 Å². The Bertz CT molecular complexity index is 685. The van der Waals surface area contributed by atoms with Crippen LogP contribution in [0.3, 0.4) is 0 Å². The molecule has 0 unspecified atom stereocenters. The van der Waals surface area contributed by atoms with E-state index < -0.39 is 10.0 Å². The molecule has 0 aliphatic carbocycles. The van der Waals surface area contributed by atoms with Crippen LogP contribution in [0.25, 0.3) is 0 Å². The lowest BCUT2D eigenvalue weighted by atomic mass is 10.5. The van der Waals surface area contributed by atoms with Gasteiger partial charge in [-0.1, -0.05) is 0 Å². The predicted molar refractivity (Wildman–Crippen MR) is 77.3 cm³/mol. The van der Waals surface area contributed by atoms with Crippen LogP contribution in [0.1, 0.15) is 4.88 Å². The Balaban J connectivity index is 2.33. The maximum atomic E-state index is 12.1. The van der Waals surface area contributed by atoms with Gasteiger partial charge in [0.2, 0.25) is 0 Å². The van der Waals surface area contributed by atoms with Crippen molar-refractivity contribution in [3.8, 4) is 0 Å². The highest BCUT2D eigenvalue weighted by Gasteiger charge is 2.18. The summed E-state index contributed by atoms with van der Waals surface area (Å²) in [6.07, 6.45) is 1.42. The van der Waals surface area contributed by atoms with E-state index in [0.29, 0.717) is 9.21 Å². The zero-order valence-corrected chi connectivity index (χ0v) is 13.8. The lowest BCUT2D eigenvalue weighted by Gasteiger charge is -2.06. The summed E-state index contributed by atoms with van der Waals surface area (Å²) >= 11 is 7.50. The van der Waals surface area contributed by atoms with Crippen molar-refractivity contribution in [1.82, 2.24) is 9.97 Å². The number of thiophene rings is 1. The Morgan fingerprint density at radius 2 is 2.06 bits per heavy atom. The average molecular weight is 413 g/mol. The Morgan fingerprint density at radius 1 is 1.33 bits per heavy atom. The SMILES string of the molecule is Cc1ccc(S(=O)(=O)Nc2ncc(Br)nc2Br)s1. The van der Waals surface area contributed by atoms with Crippen molar-refractivity contribution >= 4 is 59.0 Å². The van der Waals surface area contributed by atoms with Crippen LogP contribution >= 0.6 is 43.2 Å². The van der Waals surface area contributed by atoms with E-state index in [4.69, 9.17) is 0 Å². The molecule has 0 aliphatic heterocycles. The number of sulfonamides is 1. The summed E-state index contributed by atoms with van der Waals surface area (Å²) < 4.78 is 27.6. The minimum absolute atomic E-state index is 0.157. The quantitative estimate of drug-likeness (QED) is 0.840. The summed E-state index contributed by atoms with van der Waals surface area (Å²) in [7, 11) is -3.61. The van der Waals surface area contributed by atoms with Gasteiger partial charge in [0.1, 0.15) is 8.81 Å². The molecule has 0 radical (unpaired) electrons. The maximum Gasteiger partial charge on any atom is 0.272 e. The molecule has 0 fully saturated rings. The van der Waals surface area contributed by atoms with Crippen molar-refractivity contribution in [1.29, 1.82) is 0 Å². The highest BCUT2D eigenvalue weighted by atomic mass is 79.9. The van der Waals surface area contributed by atoms with Gasteiger partial charge in [0.05, 0.1) is 6.20 Å². The number of anilines is 1. The number of aryl methyl sites for hydroxylation is 1. The fraction of sp³-hybridized carbons (Fsp3) is 0.111. The van der Waals surface area contributed by atoms with Gasteiger partial charge < -0.3 is 0 Å². The number of nitrogens with zero attached hydrogens (tertiary/aromatic N) is 2. The zero-order chi connectivity index (χ0) is 13.3. The molecule has 0 amide bonds. The number of nitrogens with one attached hydrogen (secondary N) is 1. The second-order valence-corrected chi connectivity index (χ2v) is 8.06. The van der Waals surface area contributed by atoms with E-state index in [-0.39, 0.29) is 10.0 Å². The zero-order valence-electron chi connectivity index (χ0n) is 9.02. The summed E-state index contributed by atoms with van der Waals surface area (Å²) in [6.45, 7) is 1.85. The third kappa shape index (κ3) is 3.08. The van der Waals surface area contributed by atoms with Crippen molar-refractivity contribution in [2.24, 2.45) is 0 Å². The van der Waals surface area contributed by atoms with Crippen molar-refractivity contribution in [3.63, 3.8) is 0 Å². The standard InChI is InChI=1S/C9H7Br2N3O2S2/c1-5-2-3-7(17-5)18(15,16)14-9-8(11)13-6(10)4-12-9/h2-4H,1H3,(H,12,14). The van der Waals surface area contributed by atoms with Gasteiger partial charge in [0.25, 0.3) is 10.0 Å². The molecular formula is C9H7Br2N3O2S2. The fourth-order valence-corrected chi connectivity index (χ4v) is 4.49. The summed E-state index contributed by atoms with van der Waals surface area (Å²) in [5.41, 5.74) is 0. The number of halogens is 2. The Labute approximate surface area is 125 Å². The Hall–Kier alpha value is -0.510. The van der Waals surface area contributed by atoms with Crippen LogP contribution in [0.15, 0.2) is 31.7 Å². The number of hydrogen-bond acceptors (Lipinski definition) is 5. The van der Waals surface area contributed by atoms with Gasteiger partial charge in [0.15, 0.2) is 10.4 Å². The second kappa shape index (κ2) is 5.24. The molecule has 0 aromatic carbocycles. The largest absolute Gasteiger partial charge is 0.272 e. The molecular weight excluding hydrogens is 406 g/mol. The lowest BCUT2D eigenvalue weighted by Crippen LogP contribution is -2.13. The maximum absolute atomic E-state index is 12.1. The third-order valence-electron chi connectivity index (χ3n) is 1.91. The van der Waals surface area contributed by atoms with Gasteiger partial charge in [0, 0.05) is 4.88 Å². The molecule has 2 heterocycles. The van der Waals surface area contributed by atoms with Crippen molar-refractivity contribution in [2.45, 2.75) is 11.1 Å². The van der Waals surface area contributed by atoms with Crippen LogP contribution in [0.5, 0.6) is 0 Å². The van der Waals surface area contributed by atoms with Crippen LogP contribution in [-0.2, 0) is 10.0 Å². The first kappa shape index (κ1) is 13.9. The van der Waals surface area contributed by atoms with Crippen molar-refractivity contribution in [2.75, 3.05) is 4.72 Å². The minimum atomic E-state index is -3.61. The summed E-state index contributed by atoms with van der Waals surface area (Å²) in [5, 5.41) is 0. The summed E-state index contributed by atoms with van der Waals surface area (Å²) in [6, 6.07) is 3.31. The molecule has 2 rings (SSSR count). The van der Waals surface area contributed by atoms with E-state index in [1.807, 2.05) is 6.92 Å². The first-order chi connectivity index (χ1) is 8.38. The molecule has 0 bridgehead atoms. The van der Waals surface area contributed by atoms with Gasteiger partial charge in [-0.15, -0.1) is 11.3 Å². The molecule has 0 aliphatic rings. The smallest absolute Gasteiger partial charge is 0.260 e. The average Bonchev–Trinajstić information content (AvgIpc) is 2.70. The summed E-state index contributed by atoms with van der Waals surface area (Å²) in [4.78, 5) is 8.88. The van der Waals surface area contributed by atoms with Crippen LogP contribution in [0.4, 0.5) is 5.82 Å². The summed E-state index contributed by atoms with van der Waals surface area (Å²) in [5.74, 6) is 0.157. The number of aromatic nitrogens is 2. The van der Waals surface area contributed by atoms with Gasteiger partial charge >= 0.3 is 0 Å². The Morgan fingerprint density at radius 3 is 2.61 bits per heavy atom. The second-order valence-electron chi connectivity index (χ2n) is 3.30. The fourth-order valence-electron chi connectivity index (χ4n) is 1.15. The predicted octanol–water partition coefficient (Wildman–Crippen LogP) is 3.17. The molecule has 0 saturated carbocycles. The normalized spacial score (nSPS) is 11.5. The molecule has 0 saturated heterocycles. The van der Waals surface area contributed by atoms with Crippen LogP contribution < -0.4 is 4.72 Å². The van der Waals surface area contributed by atoms with Gasteiger partial charge in [-0.05, 0) is 50.9 Å². The van der Waals surface area contributed by atoms with Gasteiger partial charge in [-0.25, -0.2) is 18.4 Å². The molecule has 0 atom stereocenters. The topological polar surface area (TPSA) is 72.0 Å². The molecule has 2 aromatic heterocycles. The van der Waals surface area contributed by atoms with E-state index in [1.165, 1.54) is 17.5 Å². The highest BCUT2D eigenvalue weighted by molar-refractivity contribution is 9.11. The molecule has 96 valence electrons. The van der Waals surface area contributed by atoms with Crippen LogP contribution in [0, 0.1) is 6.92 Å².